The van der Waals surface area contributed by atoms with Crippen LogP contribution in [0, 0.1) is 5.92 Å². The van der Waals surface area contributed by atoms with E-state index in [0.717, 1.165) is 18.2 Å². The van der Waals surface area contributed by atoms with E-state index in [0.29, 0.717) is 17.9 Å². The van der Waals surface area contributed by atoms with Crippen LogP contribution in [-0.2, 0) is 4.74 Å². The van der Waals surface area contributed by atoms with Gasteiger partial charge in [-0.2, -0.15) is 0 Å². The van der Waals surface area contributed by atoms with Crippen LogP contribution in [0.1, 0.15) is 43.0 Å². The van der Waals surface area contributed by atoms with Crippen molar-refractivity contribution in [3.8, 4) is 0 Å². The Morgan fingerprint density at radius 2 is 2.10 bits per heavy atom. The molecule has 0 heterocycles. The first-order valence-electron chi connectivity index (χ1n) is 7.40. The second-order valence-electron chi connectivity index (χ2n) is 5.49. The molecule has 0 unspecified atom stereocenters. The molecule has 1 aliphatic carbocycles. The van der Waals surface area contributed by atoms with Gasteiger partial charge in [0, 0.05) is 13.6 Å². The van der Waals surface area contributed by atoms with Gasteiger partial charge in [0.05, 0.1) is 23.5 Å². The summed E-state index contributed by atoms with van der Waals surface area (Å²) in [6, 6.07) is 5.55. The molecule has 20 heavy (non-hydrogen) atoms. The van der Waals surface area contributed by atoms with E-state index < -0.39 is 0 Å². The molecular formula is C16H24N2O2. The molecule has 4 nitrogen and oxygen atoms in total. The van der Waals surface area contributed by atoms with Crippen molar-refractivity contribution < 1.29 is 9.53 Å². The summed E-state index contributed by atoms with van der Waals surface area (Å²) in [5.74, 6) is 0.395. The minimum absolute atomic E-state index is 0.346. The molecule has 2 N–H and O–H groups in total. The standard InChI is InChI=1S/C16H24N2O2/c1-3-20-16(19)13-9-6-10-14(15(13)17)18(2)11-12-7-4-5-8-12/h6,9-10,12H,3-5,7-8,11,17H2,1-2H3. The third-order valence-corrected chi connectivity index (χ3v) is 4.00. The molecule has 0 aliphatic heterocycles. The highest BCUT2D eigenvalue weighted by Crippen LogP contribution is 2.30. The first-order chi connectivity index (χ1) is 9.63. The van der Waals surface area contributed by atoms with E-state index in [-0.39, 0.29) is 5.97 Å². The molecule has 0 spiro atoms. The Hall–Kier alpha value is -1.71. The zero-order chi connectivity index (χ0) is 14.5. The van der Waals surface area contributed by atoms with Gasteiger partial charge in [0.2, 0.25) is 0 Å². The lowest BCUT2D eigenvalue weighted by molar-refractivity contribution is 0.0527. The monoisotopic (exact) mass is 276 g/mol. The van der Waals surface area contributed by atoms with Crippen LogP contribution in [-0.4, -0.2) is 26.2 Å². The van der Waals surface area contributed by atoms with E-state index in [9.17, 15) is 4.79 Å². The Kier molecular flexibility index (Phi) is 4.88. The number of para-hydroxylation sites is 1. The summed E-state index contributed by atoms with van der Waals surface area (Å²) in [5, 5.41) is 0. The first-order valence-corrected chi connectivity index (χ1v) is 7.40. The average molecular weight is 276 g/mol. The highest BCUT2D eigenvalue weighted by molar-refractivity contribution is 5.98. The number of rotatable bonds is 5. The van der Waals surface area contributed by atoms with Gasteiger partial charge in [-0.3, -0.25) is 0 Å². The summed E-state index contributed by atoms with van der Waals surface area (Å²) in [7, 11) is 2.04. The van der Waals surface area contributed by atoms with Crippen LogP contribution in [0.3, 0.4) is 0 Å². The number of nitrogens with two attached hydrogens (primary N) is 1. The fourth-order valence-corrected chi connectivity index (χ4v) is 2.95. The fourth-order valence-electron chi connectivity index (χ4n) is 2.95. The minimum atomic E-state index is -0.346. The maximum atomic E-state index is 11.9. The van der Waals surface area contributed by atoms with Gasteiger partial charge < -0.3 is 15.4 Å². The van der Waals surface area contributed by atoms with E-state index in [1.807, 2.05) is 19.2 Å². The lowest BCUT2D eigenvalue weighted by Crippen LogP contribution is -2.25. The summed E-state index contributed by atoms with van der Waals surface area (Å²) in [4.78, 5) is 14.0. The summed E-state index contributed by atoms with van der Waals surface area (Å²) in [5.41, 5.74) is 8.05. The zero-order valence-corrected chi connectivity index (χ0v) is 12.4. The predicted octanol–water partition coefficient (Wildman–Crippen LogP) is 3.07. The largest absolute Gasteiger partial charge is 0.462 e. The fraction of sp³-hybridized carbons (Fsp3) is 0.562. The Labute approximate surface area is 120 Å². The smallest absolute Gasteiger partial charge is 0.340 e. The van der Waals surface area contributed by atoms with Crippen molar-refractivity contribution >= 4 is 17.3 Å². The number of nitrogens with zero attached hydrogens (tertiary/aromatic N) is 1. The van der Waals surface area contributed by atoms with Gasteiger partial charge in [-0.1, -0.05) is 18.9 Å². The number of hydrogen-bond donors (Lipinski definition) is 1. The van der Waals surface area contributed by atoms with Crippen molar-refractivity contribution in [3.63, 3.8) is 0 Å². The third kappa shape index (κ3) is 3.24. The minimum Gasteiger partial charge on any atom is -0.462 e. The molecule has 1 aromatic rings. The number of esters is 1. The molecule has 0 aromatic heterocycles. The molecule has 1 fully saturated rings. The topological polar surface area (TPSA) is 55.6 Å². The van der Waals surface area contributed by atoms with E-state index in [1.165, 1.54) is 25.7 Å². The Morgan fingerprint density at radius 1 is 1.40 bits per heavy atom. The molecule has 4 heteroatoms. The zero-order valence-electron chi connectivity index (χ0n) is 12.4. The van der Waals surface area contributed by atoms with Crippen molar-refractivity contribution in [2.45, 2.75) is 32.6 Å². The van der Waals surface area contributed by atoms with Gasteiger partial charge in [0.1, 0.15) is 0 Å². The van der Waals surface area contributed by atoms with Crippen molar-refractivity contribution in [2.75, 3.05) is 30.8 Å². The quantitative estimate of drug-likeness (QED) is 0.663. The molecule has 2 rings (SSSR count). The summed E-state index contributed by atoms with van der Waals surface area (Å²) in [6.45, 7) is 3.15. The van der Waals surface area contributed by atoms with E-state index in [1.54, 1.807) is 13.0 Å². The number of ether oxygens (including phenoxy) is 1. The Balaban J connectivity index is 2.14. The van der Waals surface area contributed by atoms with Crippen molar-refractivity contribution in [1.82, 2.24) is 0 Å². The van der Waals surface area contributed by atoms with Crippen molar-refractivity contribution in [2.24, 2.45) is 5.92 Å². The van der Waals surface area contributed by atoms with Crippen LogP contribution < -0.4 is 10.6 Å². The van der Waals surface area contributed by atoms with Crippen molar-refractivity contribution in [3.05, 3.63) is 23.8 Å². The highest BCUT2D eigenvalue weighted by Gasteiger charge is 2.20. The molecule has 0 radical (unpaired) electrons. The SMILES string of the molecule is CCOC(=O)c1cccc(N(C)CC2CCCC2)c1N. The molecule has 1 aromatic carbocycles. The highest BCUT2D eigenvalue weighted by atomic mass is 16.5. The lowest BCUT2D eigenvalue weighted by Gasteiger charge is -2.25. The molecule has 0 atom stereocenters. The molecule has 110 valence electrons. The maximum Gasteiger partial charge on any atom is 0.340 e. The van der Waals surface area contributed by atoms with Crippen LogP contribution in [0.5, 0.6) is 0 Å². The number of hydrogen-bond acceptors (Lipinski definition) is 4. The normalized spacial score (nSPS) is 15.3. The lowest BCUT2D eigenvalue weighted by atomic mass is 10.1. The number of nitrogen functional groups attached to an aromatic ring is 1. The van der Waals surface area contributed by atoms with Crippen LogP contribution in [0.15, 0.2) is 18.2 Å². The number of anilines is 2. The average Bonchev–Trinajstić information content (AvgIpc) is 2.92. The first kappa shape index (κ1) is 14.7. The summed E-state index contributed by atoms with van der Waals surface area (Å²) in [6.07, 6.45) is 5.25. The van der Waals surface area contributed by atoms with E-state index in [2.05, 4.69) is 4.90 Å². The third-order valence-electron chi connectivity index (χ3n) is 4.00. The van der Waals surface area contributed by atoms with Gasteiger partial charge in [0.15, 0.2) is 0 Å². The van der Waals surface area contributed by atoms with Crippen LogP contribution in [0.2, 0.25) is 0 Å². The number of carbonyl (C=O) groups excluding carboxylic acids is 1. The number of carbonyl (C=O) groups is 1. The predicted molar refractivity (Wildman–Crippen MR) is 82.0 cm³/mol. The van der Waals surface area contributed by atoms with E-state index >= 15 is 0 Å². The summed E-state index contributed by atoms with van der Waals surface area (Å²) >= 11 is 0. The summed E-state index contributed by atoms with van der Waals surface area (Å²) < 4.78 is 5.04. The number of benzene rings is 1. The van der Waals surface area contributed by atoms with Gasteiger partial charge in [-0.15, -0.1) is 0 Å². The van der Waals surface area contributed by atoms with Crippen molar-refractivity contribution in [1.29, 1.82) is 0 Å². The second-order valence-corrected chi connectivity index (χ2v) is 5.49. The van der Waals surface area contributed by atoms with Crippen LogP contribution in [0.25, 0.3) is 0 Å². The molecular weight excluding hydrogens is 252 g/mol. The van der Waals surface area contributed by atoms with Gasteiger partial charge >= 0.3 is 5.97 Å². The molecule has 0 amide bonds. The van der Waals surface area contributed by atoms with E-state index in [4.69, 9.17) is 10.5 Å². The Morgan fingerprint density at radius 3 is 2.75 bits per heavy atom. The van der Waals surface area contributed by atoms with Gasteiger partial charge in [-0.25, -0.2) is 4.79 Å². The second kappa shape index (κ2) is 6.64. The van der Waals surface area contributed by atoms with Gasteiger partial charge in [-0.05, 0) is 37.8 Å². The molecule has 0 bridgehead atoms. The molecule has 1 aliphatic rings. The van der Waals surface area contributed by atoms with Crippen LogP contribution in [0.4, 0.5) is 11.4 Å². The molecule has 1 saturated carbocycles. The molecule has 0 saturated heterocycles. The maximum absolute atomic E-state index is 11.9. The van der Waals surface area contributed by atoms with Crippen LogP contribution >= 0.6 is 0 Å². The Bertz CT molecular complexity index is 468. The van der Waals surface area contributed by atoms with Gasteiger partial charge in [0.25, 0.3) is 0 Å².